The fourth-order valence-corrected chi connectivity index (χ4v) is 4.25. The van der Waals surface area contributed by atoms with Gasteiger partial charge in [-0.15, -0.1) is 0 Å². The Morgan fingerprint density at radius 1 is 0.611 bits per heavy atom. The van der Waals surface area contributed by atoms with E-state index >= 15 is 0 Å². The average molecular weight is 580 g/mol. The molecular formula is C26H43BrO9. The lowest BCUT2D eigenvalue weighted by Crippen LogP contribution is -2.61. The van der Waals surface area contributed by atoms with Crippen LogP contribution in [-0.2, 0) is 42.9 Å². The normalized spacial score (nSPS) is 24.2. The molecule has 0 aliphatic carbocycles. The molecule has 9 nitrogen and oxygen atoms in total. The number of carbonyl (C=O) groups excluding carboxylic acids is 4. The van der Waals surface area contributed by atoms with Gasteiger partial charge in [0.25, 0.3) is 0 Å². The maximum Gasteiger partial charge on any atom is 0.306 e. The van der Waals surface area contributed by atoms with Crippen LogP contribution >= 0.6 is 15.9 Å². The summed E-state index contributed by atoms with van der Waals surface area (Å²) in [7, 11) is 0. The largest absolute Gasteiger partial charge is 0.463 e. The zero-order valence-electron chi connectivity index (χ0n) is 22.8. The first kappa shape index (κ1) is 32.3. The highest BCUT2D eigenvalue weighted by atomic mass is 79.9. The van der Waals surface area contributed by atoms with Crippen molar-refractivity contribution in [2.75, 3.05) is 6.61 Å². The molecule has 0 spiro atoms. The summed E-state index contributed by atoms with van der Waals surface area (Å²) in [5.41, 5.74) is 0. The van der Waals surface area contributed by atoms with E-state index in [-0.39, 0.29) is 56.0 Å². The second-order valence-electron chi connectivity index (χ2n) is 11.0. The number of ether oxygens (including phenoxy) is 5. The van der Waals surface area contributed by atoms with E-state index < -0.39 is 53.3 Å². The maximum atomic E-state index is 12.7. The van der Waals surface area contributed by atoms with Crippen molar-refractivity contribution in [2.24, 2.45) is 23.7 Å². The lowest BCUT2D eigenvalue weighted by atomic mass is 9.98. The summed E-state index contributed by atoms with van der Waals surface area (Å²) >= 11 is 3.38. The van der Waals surface area contributed by atoms with Gasteiger partial charge < -0.3 is 23.7 Å². The summed E-state index contributed by atoms with van der Waals surface area (Å²) in [5, 5.41) is -0.890. The van der Waals surface area contributed by atoms with Gasteiger partial charge in [-0.1, -0.05) is 71.3 Å². The van der Waals surface area contributed by atoms with Crippen molar-refractivity contribution in [1.29, 1.82) is 0 Å². The Kier molecular flexibility index (Phi) is 14.0. The zero-order chi connectivity index (χ0) is 27.6. The van der Waals surface area contributed by atoms with Gasteiger partial charge in [-0.25, -0.2) is 0 Å². The Morgan fingerprint density at radius 3 is 1.39 bits per heavy atom. The van der Waals surface area contributed by atoms with Crippen molar-refractivity contribution in [2.45, 2.75) is 111 Å². The summed E-state index contributed by atoms with van der Waals surface area (Å²) in [6.45, 7) is 14.8. The highest BCUT2D eigenvalue weighted by Crippen LogP contribution is 2.33. The number of hydrogen-bond donors (Lipinski definition) is 0. The quantitative estimate of drug-likeness (QED) is 0.176. The molecule has 0 bridgehead atoms. The molecule has 1 aliphatic heterocycles. The molecule has 0 aromatic carbocycles. The Morgan fingerprint density at radius 2 is 0.972 bits per heavy atom. The fourth-order valence-electron chi connectivity index (χ4n) is 3.57. The molecule has 1 aliphatic rings. The van der Waals surface area contributed by atoms with Crippen LogP contribution in [0.2, 0.25) is 0 Å². The van der Waals surface area contributed by atoms with Crippen LogP contribution in [0.1, 0.15) is 81.1 Å². The summed E-state index contributed by atoms with van der Waals surface area (Å²) in [6.07, 6.45) is -3.72. The third-order valence-corrected chi connectivity index (χ3v) is 5.82. The van der Waals surface area contributed by atoms with E-state index in [1.54, 1.807) is 0 Å². The maximum absolute atomic E-state index is 12.7. The first-order valence-electron chi connectivity index (χ1n) is 12.7. The van der Waals surface area contributed by atoms with Crippen LogP contribution in [-0.4, -0.2) is 59.9 Å². The number of alkyl halides is 1. The number of halogens is 1. The Labute approximate surface area is 223 Å². The van der Waals surface area contributed by atoms with Crippen molar-refractivity contribution < 1.29 is 42.9 Å². The van der Waals surface area contributed by atoms with Crippen molar-refractivity contribution in [3.05, 3.63) is 0 Å². The molecule has 5 atom stereocenters. The molecule has 0 saturated carbocycles. The van der Waals surface area contributed by atoms with Gasteiger partial charge in [0.2, 0.25) is 0 Å². The number of rotatable bonds is 13. The van der Waals surface area contributed by atoms with Crippen LogP contribution in [0.5, 0.6) is 0 Å². The summed E-state index contributed by atoms with van der Waals surface area (Å²) < 4.78 is 28.5. The SMILES string of the molecule is CC(C)CC(=O)OC[C@H]1OC(Br)[C@H](OC(=O)CC(C)C)[C@@H](OC(=O)CC(C)C)[C@@H]1OC(=O)CC(C)C. The molecule has 0 amide bonds. The van der Waals surface area contributed by atoms with E-state index in [1.165, 1.54) is 0 Å². The van der Waals surface area contributed by atoms with Crippen LogP contribution < -0.4 is 0 Å². The Bertz CT molecular complexity index is 735. The molecule has 1 heterocycles. The molecule has 0 aromatic heterocycles. The predicted octanol–water partition coefficient (Wildman–Crippen LogP) is 4.57. The molecule has 10 heteroatoms. The van der Waals surface area contributed by atoms with Crippen LogP contribution in [0.4, 0.5) is 0 Å². The molecule has 1 saturated heterocycles. The van der Waals surface area contributed by atoms with Crippen molar-refractivity contribution in [3.8, 4) is 0 Å². The number of hydrogen-bond acceptors (Lipinski definition) is 9. The summed E-state index contributed by atoms with van der Waals surface area (Å²) in [5.74, 6) is -1.78. The second kappa shape index (κ2) is 15.5. The number of carbonyl (C=O) groups is 4. The Balaban J connectivity index is 3.28. The standard InChI is InChI=1S/C26H43BrO9/c1-14(2)9-19(28)32-13-18-23(34-20(29)10-15(3)4)24(35-21(30)11-16(5)6)25(26(27)33-18)36-22(31)12-17(7)8/h14-18,23-26H,9-13H2,1-8H3/t18-,23-,24+,25-,26?/m1/s1. The van der Waals surface area contributed by atoms with E-state index in [0.717, 1.165) is 0 Å². The van der Waals surface area contributed by atoms with Gasteiger partial charge in [0.15, 0.2) is 23.3 Å². The van der Waals surface area contributed by atoms with Crippen LogP contribution in [0, 0.1) is 23.7 Å². The molecule has 1 fully saturated rings. The fraction of sp³-hybridized carbons (Fsp3) is 0.846. The van der Waals surface area contributed by atoms with Gasteiger partial charge in [-0.2, -0.15) is 0 Å². The first-order chi connectivity index (χ1) is 16.7. The van der Waals surface area contributed by atoms with Gasteiger partial charge in [-0.05, 0) is 23.7 Å². The number of esters is 4. The molecular weight excluding hydrogens is 536 g/mol. The third-order valence-electron chi connectivity index (χ3n) is 5.09. The van der Waals surface area contributed by atoms with E-state index in [0.29, 0.717) is 0 Å². The van der Waals surface area contributed by atoms with Crippen molar-refractivity contribution in [1.82, 2.24) is 0 Å². The highest BCUT2D eigenvalue weighted by molar-refractivity contribution is 9.09. The summed E-state index contributed by atoms with van der Waals surface area (Å²) in [6, 6.07) is 0. The molecule has 0 radical (unpaired) electrons. The molecule has 1 rings (SSSR count). The molecule has 1 unspecified atom stereocenters. The van der Waals surface area contributed by atoms with E-state index in [2.05, 4.69) is 15.9 Å². The van der Waals surface area contributed by atoms with Gasteiger partial charge in [0.05, 0.1) is 0 Å². The van der Waals surface area contributed by atoms with Gasteiger partial charge in [-0.3, -0.25) is 19.2 Å². The minimum absolute atomic E-state index is 0.0220. The molecule has 36 heavy (non-hydrogen) atoms. The smallest absolute Gasteiger partial charge is 0.306 e. The minimum atomic E-state index is -1.16. The summed E-state index contributed by atoms with van der Waals surface area (Å²) in [4.78, 5) is 50.1. The zero-order valence-corrected chi connectivity index (χ0v) is 24.4. The lowest BCUT2D eigenvalue weighted by Gasteiger charge is -2.43. The average Bonchev–Trinajstić information content (AvgIpc) is 2.69. The van der Waals surface area contributed by atoms with Crippen LogP contribution in [0.3, 0.4) is 0 Å². The van der Waals surface area contributed by atoms with E-state index in [9.17, 15) is 19.2 Å². The topological polar surface area (TPSA) is 114 Å². The second-order valence-corrected chi connectivity index (χ2v) is 11.9. The highest BCUT2D eigenvalue weighted by Gasteiger charge is 2.52. The van der Waals surface area contributed by atoms with Crippen molar-refractivity contribution in [3.63, 3.8) is 0 Å². The third kappa shape index (κ3) is 12.0. The van der Waals surface area contributed by atoms with Gasteiger partial charge in [0, 0.05) is 25.7 Å². The minimum Gasteiger partial charge on any atom is -0.463 e. The first-order valence-corrected chi connectivity index (χ1v) is 13.6. The molecule has 0 N–H and O–H groups in total. The Hall–Kier alpha value is -1.68. The lowest BCUT2D eigenvalue weighted by molar-refractivity contribution is -0.239. The molecule has 208 valence electrons. The van der Waals surface area contributed by atoms with Crippen LogP contribution in [0.15, 0.2) is 0 Å². The van der Waals surface area contributed by atoms with Crippen LogP contribution in [0.25, 0.3) is 0 Å². The van der Waals surface area contributed by atoms with Crippen molar-refractivity contribution >= 4 is 39.8 Å². The van der Waals surface area contributed by atoms with E-state index in [4.69, 9.17) is 23.7 Å². The van der Waals surface area contributed by atoms with Gasteiger partial charge >= 0.3 is 23.9 Å². The van der Waals surface area contributed by atoms with E-state index in [1.807, 2.05) is 55.4 Å². The monoisotopic (exact) mass is 578 g/mol. The predicted molar refractivity (Wildman–Crippen MR) is 136 cm³/mol. The molecule has 0 aromatic rings. The van der Waals surface area contributed by atoms with Gasteiger partial charge in [0.1, 0.15) is 12.7 Å².